The van der Waals surface area contributed by atoms with Gasteiger partial charge in [-0.25, -0.2) is 0 Å². The second-order valence-electron chi connectivity index (χ2n) is 4.67. The van der Waals surface area contributed by atoms with E-state index >= 15 is 0 Å². The van der Waals surface area contributed by atoms with Crippen LogP contribution in [0.25, 0.3) is 0 Å². The lowest BCUT2D eigenvalue weighted by molar-refractivity contribution is 0.0792. The van der Waals surface area contributed by atoms with Gasteiger partial charge in [-0.1, -0.05) is 31.9 Å². The zero-order valence-corrected chi connectivity index (χ0v) is 11.5. The number of hydrogen-bond donors (Lipinski definition) is 1. The van der Waals surface area contributed by atoms with E-state index in [2.05, 4.69) is 6.92 Å². The van der Waals surface area contributed by atoms with Crippen LogP contribution in [-0.2, 0) is 6.42 Å². The quantitative estimate of drug-likeness (QED) is 0.753. The Hall–Kier alpha value is -1.35. The maximum Gasteiger partial charge on any atom is 0.253 e. The van der Waals surface area contributed by atoms with Gasteiger partial charge in [-0.15, -0.1) is 0 Å². The van der Waals surface area contributed by atoms with Crippen LogP contribution in [0.1, 0.15) is 42.1 Å². The summed E-state index contributed by atoms with van der Waals surface area (Å²) in [6.07, 6.45) is 4.29. The average Bonchev–Trinajstić information content (AvgIpc) is 2.39. The van der Waals surface area contributed by atoms with Crippen molar-refractivity contribution in [1.29, 1.82) is 0 Å². The summed E-state index contributed by atoms with van der Waals surface area (Å²) in [4.78, 5) is 13.9. The average molecular weight is 248 g/mol. The number of carbonyl (C=O) groups is 1. The second kappa shape index (κ2) is 7.88. The number of rotatable bonds is 7. The molecule has 18 heavy (non-hydrogen) atoms. The van der Waals surface area contributed by atoms with Crippen LogP contribution < -0.4 is 5.73 Å². The Balaban J connectivity index is 2.54. The first-order chi connectivity index (χ1) is 8.69. The van der Waals surface area contributed by atoms with Gasteiger partial charge in [0, 0.05) is 19.2 Å². The van der Waals surface area contributed by atoms with Gasteiger partial charge in [0.1, 0.15) is 0 Å². The van der Waals surface area contributed by atoms with Gasteiger partial charge >= 0.3 is 0 Å². The van der Waals surface area contributed by atoms with Gasteiger partial charge in [-0.05, 0) is 37.1 Å². The van der Waals surface area contributed by atoms with Crippen molar-refractivity contribution in [1.82, 2.24) is 4.90 Å². The predicted octanol–water partition coefficient (Wildman–Crippen LogP) is 2.45. The lowest BCUT2D eigenvalue weighted by atomic mass is 10.1. The van der Waals surface area contributed by atoms with E-state index in [1.807, 2.05) is 31.3 Å². The molecule has 0 aromatic heterocycles. The van der Waals surface area contributed by atoms with Crippen LogP contribution in [0.2, 0.25) is 0 Å². The molecule has 100 valence electrons. The molecule has 0 aliphatic heterocycles. The van der Waals surface area contributed by atoms with Crippen molar-refractivity contribution < 1.29 is 4.79 Å². The monoisotopic (exact) mass is 248 g/mol. The van der Waals surface area contributed by atoms with E-state index in [4.69, 9.17) is 5.73 Å². The van der Waals surface area contributed by atoms with E-state index in [0.717, 1.165) is 24.9 Å². The molecule has 3 nitrogen and oxygen atoms in total. The smallest absolute Gasteiger partial charge is 0.253 e. The number of amides is 1. The molecule has 0 saturated heterocycles. The third-order valence-corrected chi connectivity index (χ3v) is 3.08. The Kier molecular flexibility index (Phi) is 6.44. The minimum absolute atomic E-state index is 0.102. The van der Waals surface area contributed by atoms with Crippen molar-refractivity contribution >= 4 is 5.91 Å². The lowest BCUT2D eigenvalue weighted by Gasteiger charge is -2.17. The van der Waals surface area contributed by atoms with Crippen LogP contribution in [0.3, 0.4) is 0 Å². The first-order valence-electron chi connectivity index (χ1n) is 6.73. The summed E-state index contributed by atoms with van der Waals surface area (Å²) in [6, 6.07) is 7.76. The molecule has 2 N–H and O–H groups in total. The van der Waals surface area contributed by atoms with Crippen molar-refractivity contribution in [2.75, 3.05) is 20.1 Å². The summed E-state index contributed by atoms with van der Waals surface area (Å²) < 4.78 is 0. The molecule has 1 aromatic rings. The van der Waals surface area contributed by atoms with Crippen molar-refractivity contribution in [3.05, 3.63) is 35.4 Å². The minimum Gasteiger partial charge on any atom is -0.342 e. The van der Waals surface area contributed by atoms with Crippen LogP contribution in [0, 0.1) is 0 Å². The Bertz CT molecular complexity index is 359. The number of hydrogen-bond acceptors (Lipinski definition) is 2. The molecular formula is C15H24N2O. The summed E-state index contributed by atoms with van der Waals surface area (Å²) in [6.45, 7) is 3.64. The fourth-order valence-corrected chi connectivity index (χ4v) is 1.90. The summed E-state index contributed by atoms with van der Waals surface area (Å²) in [5.74, 6) is 0.102. The van der Waals surface area contributed by atoms with Gasteiger partial charge < -0.3 is 10.6 Å². The Morgan fingerprint density at radius 2 is 1.89 bits per heavy atom. The van der Waals surface area contributed by atoms with Gasteiger partial charge in [0.25, 0.3) is 5.91 Å². The van der Waals surface area contributed by atoms with E-state index in [1.54, 1.807) is 4.90 Å². The van der Waals surface area contributed by atoms with Crippen LogP contribution in [-0.4, -0.2) is 30.9 Å². The molecule has 0 spiro atoms. The van der Waals surface area contributed by atoms with Crippen LogP contribution >= 0.6 is 0 Å². The van der Waals surface area contributed by atoms with Gasteiger partial charge in [0.15, 0.2) is 0 Å². The molecule has 0 aliphatic rings. The maximum absolute atomic E-state index is 12.1. The summed E-state index contributed by atoms with van der Waals surface area (Å²) in [5.41, 5.74) is 7.44. The highest BCUT2D eigenvalue weighted by molar-refractivity contribution is 5.94. The van der Waals surface area contributed by atoms with Gasteiger partial charge in [-0.2, -0.15) is 0 Å². The molecule has 1 rings (SSSR count). The van der Waals surface area contributed by atoms with Gasteiger partial charge in [-0.3, -0.25) is 4.79 Å². The summed E-state index contributed by atoms with van der Waals surface area (Å²) >= 11 is 0. The number of unbranched alkanes of at least 4 members (excludes halogenated alkanes) is 2. The first-order valence-corrected chi connectivity index (χ1v) is 6.73. The fraction of sp³-hybridized carbons (Fsp3) is 0.533. The SMILES string of the molecule is CCCCCN(C)C(=O)c1ccc(CCN)cc1. The highest BCUT2D eigenvalue weighted by atomic mass is 16.2. The first kappa shape index (κ1) is 14.7. The highest BCUT2D eigenvalue weighted by Gasteiger charge is 2.10. The van der Waals surface area contributed by atoms with E-state index < -0.39 is 0 Å². The molecule has 0 radical (unpaired) electrons. The van der Waals surface area contributed by atoms with Crippen LogP contribution in [0.15, 0.2) is 24.3 Å². The molecule has 0 heterocycles. The second-order valence-corrected chi connectivity index (χ2v) is 4.67. The molecule has 0 bridgehead atoms. The van der Waals surface area contributed by atoms with E-state index in [9.17, 15) is 4.79 Å². The van der Waals surface area contributed by atoms with E-state index in [0.29, 0.717) is 6.54 Å². The topological polar surface area (TPSA) is 46.3 Å². The molecule has 0 fully saturated rings. The molecule has 0 unspecified atom stereocenters. The standard InChI is InChI=1S/C15H24N2O/c1-3-4-5-12-17(2)15(18)14-8-6-13(7-9-14)10-11-16/h6-9H,3-5,10-12,16H2,1-2H3. The molecule has 0 atom stereocenters. The van der Waals surface area contributed by atoms with Crippen LogP contribution in [0.4, 0.5) is 0 Å². The van der Waals surface area contributed by atoms with Gasteiger partial charge in [0.05, 0.1) is 0 Å². The molecule has 1 aromatic carbocycles. The summed E-state index contributed by atoms with van der Waals surface area (Å²) in [7, 11) is 1.87. The Morgan fingerprint density at radius 1 is 1.22 bits per heavy atom. The zero-order valence-electron chi connectivity index (χ0n) is 11.5. The van der Waals surface area contributed by atoms with Crippen molar-refractivity contribution in [2.24, 2.45) is 5.73 Å². The normalized spacial score (nSPS) is 10.4. The van der Waals surface area contributed by atoms with Crippen molar-refractivity contribution in [2.45, 2.75) is 32.6 Å². The zero-order chi connectivity index (χ0) is 13.4. The minimum atomic E-state index is 0.102. The number of benzene rings is 1. The fourth-order valence-electron chi connectivity index (χ4n) is 1.90. The van der Waals surface area contributed by atoms with Crippen molar-refractivity contribution in [3.8, 4) is 0 Å². The number of carbonyl (C=O) groups excluding carboxylic acids is 1. The third kappa shape index (κ3) is 4.49. The van der Waals surface area contributed by atoms with Crippen molar-refractivity contribution in [3.63, 3.8) is 0 Å². The lowest BCUT2D eigenvalue weighted by Crippen LogP contribution is -2.27. The maximum atomic E-state index is 12.1. The van der Waals surface area contributed by atoms with Gasteiger partial charge in [0.2, 0.25) is 0 Å². The largest absolute Gasteiger partial charge is 0.342 e. The molecule has 0 saturated carbocycles. The molecule has 0 aliphatic carbocycles. The molecule has 1 amide bonds. The van der Waals surface area contributed by atoms with E-state index in [-0.39, 0.29) is 5.91 Å². The molecular weight excluding hydrogens is 224 g/mol. The van der Waals surface area contributed by atoms with E-state index in [1.165, 1.54) is 18.4 Å². The molecule has 3 heteroatoms. The Labute approximate surface area is 110 Å². The summed E-state index contributed by atoms with van der Waals surface area (Å²) in [5, 5.41) is 0. The third-order valence-electron chi connectivity index (χ3n) is 3.08. The van der Waals surface area contributed by atoms with Crippen LogP contribution in [0.5, 0.6) is 0 Å². The number of nitrogens with two attached hydrogens (primary N) is 1. The highest BCUT2D eigenvalue weighted by Crippen LogP contribution is 2.08. The Morgan fingerprint density at radius 3 is 2.44 bits per heavy atom. The number of nitrogens with zero attached hydrogens (tertiary/aromatic N) is 1. The predicted molar refractivity (Wildman–Crippen MR) is 75.7 cm³/mol.